The molecule has 0 bridgehead atoms. The van der Waals surface area contributed by atoms with Crippen molar-refractivity contribution in [3.05, 3.63) is 75.5 Å². The number of halogens is 2. The van der Waals surface area contributed by atoms with Gasteiger partial charge in [0.1, 0.15) is 5.82 Å². The first kappa shape index (κ1) is 20.1. The highest BCUT2D eigenvalue weighted by Gasteiger charge is 2.23. The van der Waals surface area contributed by atoms with E-state index in [0.29, 0.717) is 28.7 Å². The molecule has 0 aliphatic carbocycles. The molecule has 2 heterocycles. The summed E-state index contributed by atoms with van der Waals surface area (Å²) < 4.78 is 4.52. The van der Waals surface area contributed by atoms with E-state index in [1.165, 1.54) is 17.1 Å². The lowest BCUT2D eigenvalue weighted by atomic mass is 10.1. The smallest absolute Gasteiger partial charge is 0.255 e. The monoisotopic (exact) mass is 446 g/mol. The molecule has 5 nitrogen and oxygen atoms in total. The van der Waals surface area contributed by atoms with Gasteiger partial charge in [-0.05, 0) is 30.2 Å². The SMILES string of the molecule is O=C(c1ccc(Cl)cc1Cl)N1CCCN(c2nc(Cc3ccccc3)ns2)CC1. The van der Waals surface area contributed by atoms with Crippen LogP contribution in [0.1, 0.15) is 28.2 Å². The van der Waals surface area contributed by atoms with Crippen LogP contribution in [0.3, 0.4) is 0 Å². The van der Waals surface area contributed by atoms with Gasteiger partial charge in [0.2, 0.25) is 5.13 Å². The first-order valence-electron chi connectivity index (χ1n) is 9.46. The van der Waals surface area contributed by atoms with Crippen LogP contribution in [-0.2, 0) is 6.42 Å². The molecule has 0 N–H and O–H groups in total. The zero-order valence-corrected chi connectivity index (χ0v) is 18.1. The van der Waals surface area contributed by atoms with Gasteiger partial charge in [-0.1, -0.05) is 53.5 Å². The Morgan fingerprint density at radius 2 is 1.86 bits per heavy atom. The van der Waals surface area contributed by atoms with E-state index in [1.54, 1.807) is 18.2 Å². The molecule has 1 amide bonds. The van der Waals surface area contributed by atoms with E-state index >= 15 is 0 Å². The normalized spacial score (nSPS) is 14.7. The van der Waals surface area contributed by atoms with Crippen molar-refractivity contribution in [1.82, 2.24) is 14.3 Å². The van der Waals surface area contributed by atoms with Crippen LogP contribution < -0.4 is 4.90 Å². The van der Waals surface area contributed by atoms with E-state index in [0.717, 1.165) is 36.9 Å². The summed E-state index contributed by atoms with van der Waals surface area (Å²) in [7, 11) is 0. The van der Waals surface area contributed by atoms with Gasteiger partial charge in [0.15, 0.2) is 0 Å². The first-order valence-corrected chi connectivity index (χ1v) is 11.0. The molecule has 150 valence electrons. The van der Waals surface area contributed by atoms with Gasteiger partial charge in [-0.2, -0.15) is 4.37 Å². The summed E-state index contributed by atoms with van der Waals surface area (Å²) in [6, 6.07) is 15.2. The highest BCUT2D eigenvalue weighted by molar-refractivity contribution is 7.09. The van der Waals surface area contributed by atoms with Crippen molar-refractivity contribution in [2.75, 3.05) is 31.1 Å². The number of amides is 1. The fourth-order valence-electron chi connectivity index (χ4n) is 3.37. The summed E-state index contributed by atoms with van der Waals surface area (Å²) >= 11 is 13.6. The average Bonchev–Trinajstić information content (AvgIpc) is 3.03. The number of hydrogen-bond donors (Lipinski definition) is 0. The molecule has 0 radical (unpaired) electrons. The molecule has 1 fully saturated rings. The number of carbonyl (C=O) groups excluding carboxylic acids is 1. The van der Waals surface area contributed by atoms with Gasteiger partial charge < -0.3 is 9.80 Å². The Kier molecular flexibility index (Phi) is 6.33. The predicted octanol–water partition coefficient (Wildman–Crippen LogP) is 4.79. The molecule has 1 aliphatic heterocycles. The van der Waals surface area contributed by atoms with Crippen molar-refractivity contribution >= 4 is 45.8 Å². The first-order chi connectivity index (χ1) is 14.1. The van der Waals surface area contributed by atoms with Crippen molar-refractivity contribution in [2.24, 2.45) is 0 Å². The fraction of sp³-hybridized carbons (Fsp3) is 0.286. The minimum Gasteiger partial charge on any atom is -0.345 e. The standard InChI is InChI=1S/C21H20Cl2N4OS/c22-16-7-8-17(18(23)14-16)20(28)26-9-4-10-27(12-11-26)21-24-19(25-29-21)13-15-5-2-1-3-6-15/h1-3,5-8,14H,4,9-13H2. The Hall–Kier alpha value is -2.15. The van der Waals surface area contributed by atoms with Crippen LogP contribution in [0.4, 0.5) is 5.13 Å². The number of benzene rings is 2. The topological polar surface area (TPSA) is 49.3 Å². The van der Waals surface area contributed by atoms with Gasteiger partial charge in [0.25, 0.3) is 5.91 Å². The Morgan fingerprint density at radius 1 is 1.03 bits per heavy atom. The molecule has 0 saturated carbocycles. The molecule has 1 aliphatic rings. The van der Waals surface area contributed by atoms with Crippen molar-refractivity contribution in [3.63, 3.8) is 0 Å². The molecule has 0 unspecified atom stereocenters. The molecule has 0 spiro atoms. The molecule has 29 heavy (non-hydrogen) atoms. The van der Waals surface area contributed by atoms with Gasteiger partial charge in [0.05, 0.1) is 10.6 Å². The molecular formula is C21H20Cl2N4OS. The van der Waals surface area contributed by atoms with Crippen molar-refractivity contribution in [3.8, 4) is 0 Å². The second kappa shape index (κ2) is 9.11. The highest BCUT2D eigenvalue weighted by atomic mass is 35.5. The van der Waals surface area contributed by atoms with Crippen molar-refractivity contribution < 1.29 is 4.79 Å². The Bertz CT molecular complexity index is 995. The summed E-state index contributed by atoms with van der Waals surface area (Å²) in [6.07, 6.45) is 1.59. The maximum Gasteiger partial charge on any atom is 0.255 e. The lowest BCUT2D eigenvalue weighted by Crippen LogP contribution is -2.35. The lowest BCUT2D eigenvalue weighted by Gasteiger charge is -2.22. The van der Waals surface area contributed by atoms with Crippen LogP contribution in [0.2, 0.25) is 10.0 Å². The molecule has 8 heteroatoms. The number of rotatable bonds is 4. The average molecular weight is 447 g/mol. The van der Waals surface area contributed by atoms with Gasteiger partial charge in [-0.15, -0.1) is 0 Å². The summed E-state index contributed by atoms with van der Waals surface area (Å²) in [6.45, 7) is 2.87. The Morgan fingerprint density at radius 3 is 2.66 bits per heavy atom. The molecule has 4 rings (SSSR count). The van der Waals surface area contributed by atoms with Gasteiger partial charge in [0, 0.05) is 49.2 Å². The third kappa shape index (κ3) is 4.89. The Balaban J connectivity index is 1.41. The third-order valence-corrected chi connectivity index (χ3v) is 6.24. The fourth-order valence-corrected chi connectivity index (χ4v) is 4.59. The largest absolute Gasteiger partial charge is 0.345 e. The van der Waals surface area contributed by atoms with Crippen LogP contribution in [0.5, 0.6) is 0 Å². The highest BCUT2D eigenvalue weighted by Crippen LogP contribution is 2.24. The summed E-state index contributed by atoms with van der Waals surface area (Å²) in [5.74, 6) is 0.775. The number of carbonyl (C=O) groups is 1. The van der Waals surface area contributed by atoms with E-state index in [4.69, 9.17) is 28.2 Å². The van der Waals surface area contributed by atoms with E-state index in [1.807, 2.05) is 23.1 Å². The second-order valence-electron chi connectivity index (χ2n) is 6.91. The quantitative estimate of drug-likeness (QED) is 0.577. The number of hydrogen-bond acceptors (Lipinski definition) is 5. The second-order valence-corrected chi connectivity index (χ2v) is 8.49. The third-order valence-electron chi connectivity index (χ3n) is 4.88. The molecule has 1 saturated heterocycles. The van der Waals surface area contributed by atoms with Gasteiger partial charge >= 0.3 is 0 Å². The van der Waals surface area contributed by atoms with Crippen LogP contribution in [0, 0.1) is 0 Å². The predicted molar refractivity (Wildman–Crippen MR) is 118 cm³/mol. The van der Waals surface area contributed by atoms with Crippen molar-refractivity contribution in [1.29, 1.82) is 0 Å². The van der Waals surface area contributed by atoms with Crippen LogP contribution in [-0.4, -0.2) is 46.3 Å². The zero-order valence-electron chi connectivity index (χ0n) is 15.7. The minimum atomic E-state index is -0.0597. The summed E-state index contributed by atoms with van der Waals surface area (Å²) in [4.78, 5) is 21.7. The van der Waals surface area contributed by atoms with Gasteiger partial charge in [-0.25, -0.2) is 4.98 Å². The number of anilines is 1. The maximum absolute atomic E-state index is 12.9. The lowest BCUT2D eigenvalue weighted by molar-refractivity contribution is 0.0767. The molecule has 3 aromatic rings. The van der Waals surface area contributed by atoms with E-state index in [-0.39, 0.29) is 5.91 Å². The van der Waals surface area contributed by atoms with Crippen molar-refractivity contribution in [2.45, 2.75) is 12.8 Å². The van der Waals surface area contributed by atoms with Crippen LogP contribution in [0.15, 0.2) is 48.5 Å². The van der Waals surface area contributed by atoms with E-state index < -0.39 is 0 Å². The zero-order chi connectivity index (χ0) is 20.2. The van der Waals surface area contributed by atoms with Crippen LogP contribution in [0.25, 0.3) is 0 Å². The van der Waals surface area contributed by atoms with E-state index in [2.05, 4.69) is 21.4 Å². The molecule has 2 aromatic carbocycles. The minimum absolute atomic E-state index is 0.0597. The van der Waals surface area contributed by atoms with Gasteiger partial charge in [-0.3, -0.25) is 4.79 Å². The summed E-state index contributed by atoms with van der Waals surface area (Å²) in [5.41, 5.74) is 1.69. The van der Waals surface area contributed by atoms with Crippen LogP contribution >= 0.6 is 34.7 Å². The molecule has 1 aromatic heterocycles. The number of nitrogens with zero attached hydrogens (tertiary/aromatic N) is 4. The Labute approximate surface area is 184 Å². The molecular weight excluding hydrogens is 427 g/mol. The maximum atomic E-state index is 12.9. The number of aromatic nitrogens is 2. The molecule has 0 atom stereocenters. The summed E-state index contributed by atoms with van der Waals surface area (Å²) in [5, 5.41) is 1.82. The van der Waals surface area contributed by atoms with E-state index in [9.17, 15) is 4.79 Å².